The van der Waals surface area contributed by atoms with Crippen molar-refractivity contribution in [3.63, 3.8) is 0 Å². The topological polar surface area (TPSA) is 0 Å². The molecule has 4 unspecified atom stereocenters. The van der Waals surface area contributed by atoms with Crippen LogP contribution in [0.1, 0.15) is 51.4 Å². The van der Waals surface area contributed by atoms with E-state index in [0.29, 0.717) is 0 Å². The second-order valence-corrected chi connectivity index (χ2v) is 5.82. The SMILES string of the molecule is [CH-]1CC2CCC1C2.[CH-]1CC2CCC1C2.[CH3-].[CH3-].[Ti+4]. The fourth-order valence-corrected chi connectivity index (χ4v) is 3.85. The maximum Gasteiger partial charge on any atom is 4.00 e. The third kappa shape index (κ3) is 4.39. The Labute approximate surface area is 124 Å². The molecule has 4 saturated carbocycles. The molecule has 0 aromatic heterocycles. The minimum atomic E-state index is 0. The van der Waals surface area contributed by atoms with Gasteiger partial charge in [0.05, 0.1) is 0 Å². The van der Waals surface area contributed by atoms with Crippen LogP contribution in [0.3, 0.4) is 0 Å². The van der Waals surface area contributed by atoms with Crippen molar-refractivity contribution < 1.29 is 21.7 Å². The third-order valence-electron chi connectivity index (χ3n) is 4.77. The monoisotopic (exact) mass is 268 g/mol. The summed E-state index contributed by atoms with van der Waals surface area (Å²) in [5.74, 6) is 4.32. The van der Waals surface area contributed by atoms with E-state index in [2.05, 4.69) is 12.8 Å². The van der Waals surface area contributed by atoms with Gasteiger partial charge in [0, 0.05) is 0 Å². The summed E-state index contributed by atoms with van der Waals surface area (Å²) in [6.45, 7) is 0. The largest absolute Gasteiger partial charge is 4.00 e. The van der Waals surface area contributed by atoms with Crippen LogP contribution in [0.25, 0.3) is 0 Å². The average Bonchev–Trinajstić information content (AvgIpc) is 3.01. The zero-order chi connectivity index (χ0) is 9.38. The smallest absolute Gasteiger partial charge is 0.358 e. The van der Waals surface area contributed by atoms with E-state index in [9.17, 15) is 0 Å². The Bertz CT molecular complexity index is 144. The molecule has 4 rings (SSSR count). The first-order valence-electron chi connectivity index (χ1n) is 6.57. The summed E-state index contributed by atoms with van der Waals surface area (Å²) in [4.78, 5) is 0. The molecule has 0 amide bonds. The van der Waals surface area contributed by atoms with Gasteiger partial charge in [0.25, 0.3) is 0 Å². The Morgan fingerprint density at radius 2 is 1.06 bits per heavy atom. The van der Waals surface area contributed by atoms with Crippen LogP contribution in [0.2, 0.25) is 0 Å². The molecule has 0 heterocycles. The molecular weight excluding hydrogens is 240 g/mol. The van der Waals surface area contributed by atoms with Gasteiger partial charge in [0.2, 0.25) is 0 Å². The van der Waals surface area contributed by atoms with Gasteiger partial charge in [0.1, 0.15) is 0 Å². The van der Waals surface area contributed by atoms with Crippen molar-refractivity contribution in [1.82, 2.24) is 0 Å². The molecule has 4 aliphatic carbocycles. The molecular formula is C16H28Ti. The molecule has 0 saturated heterocycles. The summed E-state index contributed by atoms with van der Waals surface area (Å²) in [7, 11) is 0. The van der Waals surface area contributed by atoms with E-state index in [-0.39, 0.29) is 36.6 Å². The van der Waals surface area contributed by atoms with Gasteiger partial charge in [0.15, 0.2) is 0 Å². The number of fused-ring (bicyclic) bond motifs is 4. The van der Waals surface area contributed by atoms with Crippen LogP contribution in [0.4, 0.5) is 0 Å². The molecule has 0 nitrogen and oxygen atoms in total. The summed E-state index contributed by atoms with van der Waals surface area (Å²) in [6, 6.07) is 0. The molecule has 0 radical (unpaired) electrons. The van der Waals surface area contributed by atoms with Crippen LogP contribution >= 0.6 is 0 Å². The Hall–Kier alpha value is 0.714. The van der Waals surface area contributed by atoms with Crippen molar-refractivity contribution in [1.29, 1.82) is 0 Å². The number of rotatable bonds is 0. The molecule has 0 N–H and O–H groups in total. The van der Waals surface area contributed by atoms with Gasteiger partial charge in [-0.1, -0.05) is 50.4 Å². The molecule has 0 aliphatic heterocycles. The predicted octanol–water partition coefficient (Wildman–Crippen LogP) is 4.92. The van der Waals surface area contributed by atoms with E-state index in [1.807, 2.05) is 0 Å². The van der Waals surface area contributed by atoms with Gasteiger partial charge in [-0.05, 0) is 0 Å². The van der Waals surface area contributed by atoms with Crippen LogP contribution in [-0.2, 0) is 21.7 Å². The van der Waals surface area contributed by atoms with Crippen LogP contribution < -0.4 is 0 Å². The zero-order valence-corrected chi connectivity index (χ0v) is 13.2. The molecule has 4 bridgehead atoms. The maximum absolute atomic E-state index is 2.51. The first-order chi connectivity index (χ1) is 6.90. The summed E-state index contributed by atoms with van der Waals surface area (Å²) in [5.41, 5.74) is 0. The Morgan fingerprint density at radius 1 is 0.647 bits per heavy atom. The summed E-state index contributed by atoms with van der Waals surface area (Å²) < 4.78 is 0. The van der Waals surface area contributed by atoms with Gasteiger partial charge in [-0.25, -0.2) is 0 Å². The normalized spacial score (nSPS) is 39.5. The predicted molar refractivity (Wildman–Crippen MR) is 72.3 cm³/mol. The van der Waals surface area contributed by atoms with Gasteiger partial charge in [-0.2, -0.15) is 24.7 Å². The molecule has 96 valence electrons. The quantitative estimate of drug-likeness (QED) is 0.432. The Morgan fingerprint density at radius 3 is 1.12 bits per heavy atom. The van der Waals surface area contributed by atoms with Crippen LogP contribution in [0.15, 0.2) is 0 Å². The Kier molecular flexibility index (Phi) is 8.34. The average molecular weight is 268 g/mol. The number of hydrogen-bond donors (Lipinski definition) is 0. The van der Waals surface area contributed by atoms with Crippen molar-refractivity contribution in [2.24, 2.45) is 23.7 Å². The van der Waals surface area contributed by atoms with Gasteiger partial charge >= 0.3 is 21.7 Å². The number of hydrogen-bond acceptors (Lipinski definition) is 0. The molecule has 4 atom stereocenters. The molecule has 0 spiro atoms. The van der Waals surface area contributed by atoms with E-state index in [4.69, 9.17) is 0 Å². The minimum absolute atomic E-state index is 0. The van der Waals surface area contributed by atoms with Crippen LogP contribution in [-0.4, -0.2) is 0 Å². The van der Waals surface area contributed by atoms with E-state index >= 15 is 0 Å². The van der Waals surface area contributed by atoms with E-state index < -0.39 is 0 Å². The van der Waals surface area contributed by atoms with E-state index in [1.165, 1.54) is 51.4 Å². The summed E-state index contributed by atoms with van der Waals surface area (Å²) >= 11 is 0. The van der Waals surface area contributed by atoms with Gasteiger partial charge in [-0.15, -0.1) is 0 Å². The van der Waals surface area contributed by atoms with Crippen molar-refractivity contribution >= 4 is 0 Å². The van der Waals surface area contributed by atoms with Crippen LogP contribution in [0, 0.1) is 51.4 Å². The molecule has 4 aliphatic rings. The van der Waals surface area contributed by atoms with Gasteiger partial charge in [-0.3, -0.25) is 0 Å². The van der Waals surface area contributed by atoms with Crippen molar-refractivity contribution in [2.75, 3.05) is 0 Å². The van der Waals surface area contributed by atoms with Crippen molar-refractivity contribution in [3.8, 4) is 0 Å². The standard InChI is InChI=1S/2C7H11.2CH3.Ti/c2*1-2-7-4-3-6(1)5-7;;;/h2*1,6-7H,2-5H2;2*1H3;/q4*-1;+4. The van der Waals surface area contributed by atoms with Crippen LogP contribution in [0.5, 0.6) is 0 Å². The molecule has 1 heteroatoms. The summed E-state index contributed by atoms with van der Waals surface area (Å²) in [5, 5.41) is 0. The minimum Gasteiger partial charge on any atom is -0.358 e. The molecule has 17 heavy (non-hydrogen) atoms. The van der Waals surface area contributed by atoms with E-state index in [0.717, 1.165) is 23.7 Å². The molecule has 0 aromatic carbocycles. The first kappa shape index (κ1) is 17.7. The summed E-state index contributed by atoms with van der Waals surface area (Å²) in [6.07, 6.45) is 17.0. The fourth-order valence-electron chi connectivity index (χ4n) is 3.85. The van der Waals surface area contributed by atoms with Crippen molar-refractivity contribution in [2.45, 2.75) is 51.4 Å². The second kappa shape index (κ2) is 8.00. The molecule has 4 fully saturated rings. The second-order valence-electron chi connectivity index (χ2n) is 5.82. The third-order valence-corrected chi connectivity index (χ3v) is 4.77. The molecule has 0 aromatic rings. The Balaban J connectivity index is 0.000000256. The fraction of sp³-hybridized carbons (Fsp3) is 0.750. The van der Waals surface area contributed by atoms with E-state index in [1.54, 1.807) is 0 Å². The maximum atomic E-state index is 2.51. The van der Waals surface area contributed by atoms with Crippen molar-refractivity contribution in [3.05, 3.63) is 27.7 Å². The van der Waals surface area contributed by atoms with Gasteiger partial charge < -0.3 is 27.7 Å². The first-order valence-corrected chi connectivity index (χ1v) is 6.57. The zero-order valence-electron chi connectivity index (χ0n) is 11.6.